The van der Waals surface area contributed by atoms with E-state index in [0.717, 1.165) is 5.56 Å². The number of nitrogens with one attached hydrogen (secondary N) is 1. The van der Waals surface area contributed by atoms with E-state index in [9.17, 15) is 9.59 Å². The Bertz CT molecular complexity index is 1300. The number of rotatable bonds is 6. The highest BCUT2D eigenvalue weighted by Gasteiger charge is 2.21. The van der Waals surface area contributed by atoms with Crippen molar-refractivity contribution in [2.45, 2.75) is 6.10 Å². The van der Waals surface area contributed by atoms with Crippen LogP contribution >= 0.6 is 0 Å². The molecule has 1 atom stereocenters. The van der Waals surface area contributed by atoms with Gasteiger partial charge in [0.2, 0.25) is 0 Å². The third kappa shape index (κ3) is 4.50. The maximum Gasteiger partial charge on any atom is 0.338 e. The summed E-state index contributed by atoms with van der Waals surface area (Å²) in [5.41, 5.74) is 1.78. The van der Waals surface area contributed by atoms with Crippen LogP contribution in [-0.2, 0) is 9.53 Å². The number of esters is 1. The highest BCUT2D eigenvalue weighted by atomic mass is 16.6. The number of carbonyl (C=O) groups excluding carboxylic acids is 2. The quantitative estimate of drug-likeness (QED) is 0.454. The number of hydrogen-bond donors (Lipinski definition) is 1. The molecule has 0 saturated carbocycles. The average Bonchev–Trinajstić information content (AvgIpc) is 3.29. The van der Waals surface area contributed by atoms with E-state index in [-0.39, 0.29) is 12.6 Å². The van der Waals surface area contributed by atoms with Crippen molar-refractivity contribution < 1.29 is 28.3 Å². The number of para-hydroxylation sites is 2. The van der Waals surface area contributed by atoms with Crippen LogP contribution in [0.2, 0.25) is 0 Å². The summed E-state index contributed by atoms with van der Waals surface area (Å²) in [5.74, 6) is 0.831. The molecule has 0 bridgehead atoms. The largest absolute Gasteiger partial charge is 0.486 e. The van der Waals surface area contributed by atoms with Crippen molar-refractivity contribution in [3.8, 4) is 22.8 Å². The van der Waals surface area contributed by atoms with E-state index in [1.807, 2.05) is 48.5 Å². The lowest BCUT2D eigenvalue weighted by molar-refractivity contribution is -0.124. The fourth-order valence-electron chi connectivity index (χ4n) is 3.52. The molecule has 1 N–H and O–H groups in total. The molecular formula is C25H20N2O6. The zero-order valence-corrected chi connectivity index (χ0v) is 17.5. The van der Waals surface area contributed by atoms with Gasteiger partial charge in [0.1, 0.15) is 18.2 Å². The minimum absolute atomic E-state index is 0.234. The Morgan fingerprint density at radius 2 is 1.79 bits per heavy atom. The zero-order valence-electron chi connectivity index (χ0n) is 17.5. The third-order valence-corrected chi connectivity index (χ3v) is 5.18. The van der Waals surface area contributed by atoms with Gasteiger partial charge in [0.15, 0.2) is 23.9 Å². The highest BCUT2D eigenvalue weighted by molar-refractivity contribution is 5.99. The lowest BCUT2D eigenvalue weighted by Crippen LogP contribution is -2.42. The number of amides is 1. The van der Waals surface area contributed by atoms with Gasteiger partial charge in [-0.2, -0.15) is 0 Å². The SMILES string of the molecule is O=C(COC(=O)c1ccc2noc(-c3ccccc3)c2c1)NC[C@@H]1COc2ccccc2O1. The molecule has 8 heteroatoms. The van der Waals surface area contributed by atoms with Crippen molar-refractivity contribution in [3.05, 3.63) is 78.4 Å². The van der Waals surface area contributed by atoms with E-state index in [2.05, 4.69) is 10.5 Å². The lowest BCUT2D eigenvalue weighted by Gasteiger charge is -2.26. The van der Waals surface area contributed by atoms with Crippen LogP contribution in [-0.4, -0.2) is 42.9 Å². The molecule has 3 aromatic carbocycles. The average molecular weight is 444 g/mol. The summed E-state index contributed by atoms with van der Waals surface area (Å²) in [4.78, 5) is 24.7. The number of aromatic nitrogens is 1. The topological polar surface area (TPSA) is 99.9 Å². The van der Waals surface area contributed by atoms with Gasteiger partial charge in [0, 0.05) is 5.56 Å². The van der Waals surface area contributed by atoms with Crippen LogP contribution < -0.4 is 14.8 Å². The Balaban J connectivity index is 1.17. The van der Waals surface area contributed by atoms with Crippen LogP contribution in [0.25, 0.3) is 22.2 Å². The summed E-state index contributed by atoms with van der Waals surface area (Å²) in [6, 6.07) is 21.7. The Hall–Kier alpha value is -4.33. The van der Waals surface area contributed by atoms with Crippen LogP contribution in [0.5, 0.6) is 11.5 Å². The molecule has 0 aliphatic carbocycles. The first-order chi connectivity index (χ1) is 16.2. The van der Waals surface area contributed by atoms with Gasteiger partial charge < -0.3 is 24.1 Å². The van der Waals surface area contributed by atoms with Gasteiger partial charge in [-0.3, -0.25) is 4.79 Å². The van der Waals surface area contributed by atoms with E-state index in [1.54, 1.807) is 24.3 Å². The Morgan fingerprint density at radius 3 is 2.64 bits per heavy atom. The Labute approximate surface area is 189 Å². The van der Waals surface area contributed by atoms with Crippen molar-refractivity contribution >= 4 is 22.8 Å². The summed E-state index contributed by atoms with van der Waals surface area (Å²) in [6.45, 7) is 0.146. The fraction of sp³-hybridized carbons (Fsp3) is 0.160. The minimum atomic E-state index is -0.613. The second-order valence-electron chi connectivity index (χ2n) is 7.49. The van der Waals surface area contributed by atoms with Crippen LogP contribution in [0.3, 0.4) is 0 Å². The van der Waals surface area contributed by atoms with Crippen LogP contribution in [0.1, 0.15) is 10.4 Å². The molecule has 8 nitrogen and oxygen atoms in total. The monoisotopic (exact) mass is 444 g/mol. The maximum absolute atomic E-state index is 12.5. The molecule has 0 spiro atoms. The van der Waals surface area contributed by atoms with Crippen molar-refractivity contribution in [2.24, 2.45) is 0 Å². The van der Waals surface area contributed by atoms with Gasteiger partial charge in [0.25, 0.3) is 5.91 Å². The molecule has 1 aromatic heterocycles. The van der Waals surface area contributed by atoms with Gasteiger partial charge >= 0.3 is 5.97 Å². The smallest absolute Gasteiger partial charge is 0.338 e. The molecule has 4 aromatic rings. The number of hydrogen-bond acceptors (Lipinski definition) is 7. The van der Waals surface area contributed by atoms with E-state index < -0.39 is 18.5 Å². The molecule has 0 saturated heterocycles. The van der Waals surface area contributed by atoms with E-state index in [1.165, 1.54) is 0 Å². The fourth-order valence-corrected chi connectivity index (χ4v) is 3.52. The van der Waals surface area contributed by atoms with Gasteiger partial charge in [-0.25, -0.2) is 4.79 Å². The third-order valence-electron chi connectivity index (χ3n) is 5.18. The second-order valence-corrected chi connectivity index (χ2v) is 7.49. The number of nitrogens with zero attached hydrogens (tertiary/aromatic N) is 1. The van der Waals surface area contributed by atoms with Crippen molar-refractivity contribution in [2.75, 3.05) is 19.8 Å². The first-order valence-corrected chi connectivity index (χ1v) is 10.4. The van der Waals surface area contributed by atoms with Crippen molar-refractivity contribution in [1.29, 1.82) is 0 Å². The van der Waals surface area contributed by atoms with Crippen molar-refractivity contribution in [1.82, 2.24) is 10.5 Å². The molecule has 1 aliphatic rings. The number of benzene rings is 3. The highest BCUT2D eigenvalue weighted by Crippen LogP contribution is 2.31. The standard InChI is InChI=1S/C25H20N2O6/c28-23(26-13-18-14-30-21-8-4-5-9-22(21)32-18)15-31-25(29)17-10-11-20-19(12-17)24(33-27-20)16-6-2-1-3-7-16/h1-12,18H,13-15H2,(H,26,28)/t18-/m1/s1. The summed E-state index contributed by atoms with van der Waals surface area (Å²) in [6.07, 6.45) is -0.327. The molecule has 0 fully saturated rings. The van der Waals surface area contributed by atoms with E-state index in [4.69, 9.17) is 18.7 Å². The van der Waals surface area contributed by atoms with E-state index >= 15 is 0 Å². The van der Waals surface area contributed by atoms with Crippen LogP contribution in [0.15, 0.2) is 77.3 Å². The molecule has 166 valence electrons. The molecule has 2 heterocycles. The molecular weight excluding hydrogens is 424 g/mol. The van der Waals surface area contributed by atoms with Crippen molar-refractivity contribution in [3.63, 3.8) is 0 Å². The second kappa shape index (κ2) is 9.04. The van der Waals surface area contributed by atoms with Crippen LogP contribution in [0, 0.1) is 0 Å². The predicted octanol–water partition coefficient (Wildman–Crippen LogP) is 3.61. The maximum atomic E-state index is 12.5. The van der Waals surface area contributed by atoms with Gasteiger partial charge in [-0.1, -0.05) is 47.6 Å². The number of carbonyl (C=O) groups is 2. The normalized spacial score (nSPS) is 14.6. The molecule has 5 rings (SSSR count). The first-order valence-electron chi connectivity index (χ1n) is 10.4. The molecule has 1 amide bonds. The molecule has 1 aliphatic heterocycles. The van der Waals surface area contributed by atoms with Gasteiger partial charge in [-0.05, 0) is 30.3 Å². The van der Waals surface area contributed by atoms with E-state index in [0.29, 0.717) is 40.3 Å². The Morgan fingerprint density at radius 1 is 1.00 bits per heavy atom. The molecule has 0 radical (unpaired) electrons. The van der Waals surface area contributed by atoms with Crippen LogP contribution in [0.4, 0.5) is 0 Å². The zero-order chi connectivity index (χ0) is 22.6. The first kappa shape index (κ1) is 20.6. The molecule has 33 heavy (non-hydrogen) atoms. The minimum Gasteiger partial charge on any atom is -0.486 e. The summed E-state index contributed by atoms with van der Waals surface area (Å²) < 4.78 is 22.1. The lowest BCUT2D eigenvalue weighted by atomic mass is 10.1. The number of fused-ring (bicyclic) bond motifs is 2. The summed E-state index contributed by atoms with van der Waals surface area (Å²) >= 11 is 0. The van der Waals surface area contributed by atoms with Gasteiger partial charge in [0.05, 0.1) is 17.5 Å². The summed E-state index contributed by atoms with van der Waals surface area (Å²) in [7, 11) is 0. The van der Waals surface area contributed by atoms with Gasteiger partial charge in [-0.15, -0.1) is 0 Å². The number of ether oxygens (including phenoxy) is 3. The molecule has 0 unspecified atom stereocenters. The summed E-state index contributed by atoms with van der Waals surface area (Å²) in [5, 5.41) is 7.43. The predicted molar refractivity (Wildman–Crippen MR) is 119 cm³/mol. The Kier molecular flexibility index (Phi) is 5.63.